The van der Waals surface area contributed by atoms with E-state index < -0.39 is 12.0 Å². The second-order valence-corrected chi connectivity index (χ2v) is 1.86. The summed E-state index contributed by atoms with van der Waals surface area (Å²) in [6, 6.07) is -0.634. The molecule has 1 unspecified atom stereocenters. The molecule has 1 atom stereocenters. The van der Waals surface area contributed by atoms with Gasteiger partial charge in [-0.3, -0.25) is 0 Å². The van der Waals surface area contributed by atoms with Gasteiger partial charge in [-0.05, 0) is 6.08 Å². The van der Waals surface area contributed by atoms with Crippen LogP contribution in [-0.4, -0.2) is 22.2 Å². The first-order valence-corrected chi connectivity index (χ1v) is 2.58. The Morgan fingerprint density at radius 1 is 1.89 bits per heavy atom. The number of carboxylic acid groups (broad SMARTS) is 1. The lowest BCUT2D eigenvalue weighted by Crippen LogP contribution is -2.30. The zero-order chi connectivity index (χ0) is 6.85. The SMILES string of the molecule is O=C(O)C1CC=C(O)N1. The minimum absolute atomic E-state index is 0.0394. The quantitative estimate of drug-likeness (QED) is 0.459. The minimum atomic E-state index is -0.935. The first kappa shape index (κ1) is 5.94. The van der Waals surface area contributed by atoms with Gasteiger partial charge in [0.15, 0.2) is 5.88 Å². The summed E-state index contributed by atoms with van der Waals surface area (Å²) in [4.78, 5) is 10.1. The summed E-state index contributed by atoms with van der Waals surface area (Å²) in [6.45, 7) is 0. The zero-order valence-corrected chi connectivity index (χ0v) is 4.66. The second kappa shape index (κ2) is 1.97. The van der Waals surface area contributed by atoms with Crippen molar-refractivity contribution in [2.75, 3.05) is 0 Å². The first-order valence-electron chi connectivity index (χ1n) is 2.58. The fraction of sp³-hybridized carbons (Fsp3) is 0.400. The van der Waals surface area contributed by atoms with Crippen LogP contribution in [0.15, 0.2) is 12.0 Å². The minimum Gasteiger partial charge on any atom is -0.495 e. The fourth-order valence-electron chi connectivity index (χ4n) is 0.688. The molecule has 0 bridgehead atoms. The monoisotopic (exact) mass is 129 g/mol. The molecule has 1 aliphatic rings. The molecule has 4 nitrogen and oxygen atoms in total. The largest absolute Gasteiger partial charge is 0.495 e. The molecule has 0 aromatic heterocycles. The standard InChI is InChI=1S/C5H7NO3/c7-4-2-1-3(6-4)5(8)9/h2-3,6-7H,1H2,(H,8,9). The van der Waals surface area contributed by atoms with Crippen LogP contribution in [0.5, 0.6) is 0 Å². The van der Waals surface area contributed by atoms with E-state index in [9.17, 15) is 4.79 Å². The van der Waals surface area contributed by atoms with E-state index in [0.29, 0.717) is 6.42 Å². The maximum absolute atomic E-state index is 10.1. The Morgan fingerprint density at radius 3 is 2.78 bits per heavy atom. The first-order chi connectivity index (χ1) is 4.20. The van der Waals surface area contributed by atoms with Crippen LogP contribution in [0, 0.1) is 0 Å². The number of carboxylic acids is 1. The van der Waals surface area contributed by atoms with Crippen LogP contribution in [0.4, 0.5) is 0 Å². The molecular formula is C5H7NO3. The Morgan fingerprint density at radius 2 is 2.56 bits per heavy atom. The maximum Gasteiger partial charge on any atom is 0.326 e. The third kappa shape index (κ3) is 1.13. The molecule has 1 aliphatic heterocycles. The van der Waals surface area contributed by atoms with Crippen LogP contribution in [0.3, 0.4) is 0 Å². The highest BCUT2D eigenvalue weighted by Gasteiger charge is 2.21. The van der Waals surface area contributed by atoms with Gasteiger partial charge in [0.25, 0.3) is 0 Å². The molecule has 50 valence electrons. The predicted molar refractivity (Wildman–Crippen MR) is 29.9 cm³/mol. The number of rotatable bonds is 1. The lowest BCUT2D eigenvalue weighted by molar-refractivity contribution is -0.139. The average Bonchev–Trinajstić information content (AvgIpc) is 2.14. The van der Waals surface area contributed by atoms with Gasteiger partial charge in [-0.2, -0.15) is 0 Å². The van der Waals surface area contributed by atoms with E-state index in [1.807, 2.05) is 0 Å². The van der Waals surface area contributed by atoms with Gasteiger partial charge >= 0.3 is 5.97 Å². The topological polar surface area (TPSA) is 69.6 Å². The van der Waals surface area contributed by atoms with Crippen molar-refractivity contribution >= 4 is 5.97 Å². The van der Waals surface area contributed by atoms with Crippen molar-refractivity contribution in [3.05, 3.63) is 12.0 Å². The second-order valence-electron chi connectivity index (χ2n) is 1.86. The number of aliphatic hydroxyl groups excluding tert-OH is 1. The van der Waals surface area contributed by atoms with Crippen LogP contribution >= 0.6 is 0 Å². The van der Waals surface area contributed by atoms with Gasteiger partial charge in [-0.15, -0.1) is 0 Å². The van der Waals surface area contributed by atoms with E-state index >= 15 is 0 Å². The van der Waals surface area contributed by atoms with Crippen molar-refractivity contribution in [1.82, 2.24) is 5.32 Å². The summed E-state index contributed by atoms with van der Waals surface area (Å²) in [6.07, 6.45) is 1.81. The average molecular weight is 129 g/mol. The lowest BCUT2D eigenvalue weighted by atomic mass is 10.2. The third-order valence-corrected chi connectivity index (χ3v) is 1.17. The van der Waals surface area contributed by atoms with Gasteiger partial charge in [0.1, 0.15) is 6.04 Å². The molecule has 3 N–H and O–H groups in total. The van der Waals surface area contributed by atoms with Crippen molar-refractivity contribution < 1.29 is 15.0 Å². The molecule has 0 amide bonds. The van der Waals surface area contributed by atoms with Crippen LogP contribution in [-0.2, 0) is 4.79 Å². The molecule has 9 heavy (non-hydrogen) atoms. The van der Waals surface area contributed by atoms with E-state index in [4.69, 9.17) is 10.2 Å². The number of carbonyl (C=O) groups is 1. The van der Waals surface area contributed by atoms with E-state index in [-0.39, 0.29) is 5.88 Å². The Labute approximate surface area is 51.8 Å². The molecule has 0 aromatic carbocycles. The molecule has 0 aromatic rings. The highest BCUT2D eigenvalue weighted by Crippen LogP contribution is 2.05. The number of aliphatic hydroxyl groups is 1. The zero-order valence-electron chi connectivity index (χ0n) is 4.66. The van der Waals surface area contributed by atoms with Crippen LogP contribution in [0.1, 0.15) is 6.42 Å². The van der Waals surface area contributed by atoms with E-state index in [0.717, 1.165) is 0 Å². The lowest BCUT2D eigenvalue weighted by Gasteiger charge is -2.03. The smallest absolute Gasteiger partial charge is 0.326 e. The van der Waals surface area contributed by atoms with Gasteiger partial charge < -0.3 is 15.5 Å². The van der Waals surface area contributed by atoms with Crippen molar-refractivity contribution in [2.45, 2.75) is 12.5 Å². The molecule has 0 spiro atoms. The highest BCUT2D eigenvalue weighted by molar-refractivity contribution is 5.74. The molecule has 0 saturated carbocycles. The fourth-order valence-corrected chi connectivity index (χ4v) is 0.688. The maximum atomic E-state index is 10.1. The third-order valence-electron chi connectivity index (χ3n) is 1.17. The van der Waals surface area contributed by atoms with Gasteiger partial charge in [0.05, 0.1) is 0 Å². The van der Waals surface area contributed by atoms with Gasteiger partial charge in [0, 0.05) is 6.42 Å². The van der Waals surface area contributed by atoms with E-state index in [1.54, 1.807) is 0 Å². The number of hydrogen-bond acceptors (Lipinski definition) is 3. The van der Waals surface area contributed by atoms with Gasteiger partial charge in [0.2, 0.25) is 0 Å². The van der Waals surface area contributed by atoms with Crippen LogP contribution in [0.2, 0.25) is 0 Å². The summed E-state index contributed by atoms with van der Waals surface area (Å²) >= 11 is 0. The van der Waals surface area contributed by atoms with E-state index in [1.165, 1.54) is 6.08 Å². The summed E-state index contributed by atoms with van der Waals surface area (Å²) in [7, 11) is 0. The van der Waals surface area contributed by atoms with Gasteiger partial charge in [-0.1, -0.05) is 0 Å². The van der Waals surface area contributed by atoms with Crippen molar-refractivity contribution in [3.8, 4) is 0 Å². The molecule has 0 aliphatic carbocycles. The van der Waals surface area contributed by atoms with Crippen LogP contribution in [0.25, 0.3) is 0 Å². The van der Waals surface area contributed by atoms with Crippen molar-refractivity contribution in [1.29, 1.82) is 0 Å². The Bertz CT molecular complexity index is 164. The highest BCUT2D eigenvalue weighted by atomic mass is 16.4. The predicted octanol–water partition coefficient (Wildman–Crippen LogP) is -0.168. The summed E-state index contributed by atoms with van der Waals surface area (Å²) in [5, 5.41) is 19.3. The molecule has 0 saturated heterocycles. The van der Waals surface area contributed by atoms with Crippen molar-refractivity contribution in [2.24, 2.45) is 0 Å². The Balaban J connectivity index is 2.47. The molecule has 0 fully saturated rings. The number of nitrogens with one attached hydrogen (secondary N) is 1. The Kier molecular flexibility index (Phi) is 1.30. The molecule has 1 rings (SSSR count). The summed E-state index contributed by atoms with van der Waals surface area (Å²) < 4.78 is 0. The van der Waals surface area contributed by atoms with Crippen LogP contribution < -0.4 is 5.32 Å². The Hall–Kier alpha value is -1.19. The number of hydrogen-bond donors (Lipinski definition) is 3. The van der Waals surface area contributed by atoms with Crippen molar-refractivity contribution in [3.63, 3.8) is 0 Å². The summed E-state index contributed by atoms with van der Waals surface area (Å²) in [5.41, 5.74) is 0. The number of aliphatic carboxylic acids is 1. The normalized spacial score (nSPS) is 24.9. The summed E-state index contributed by atoms with van der Waals surface area (Å²) in [5.74, 6) is -0.974. The molecule has 0 radical (unpaired) electrons. The molecular weight excluding hydrogens is 122 g/mol. The van der Waals surface area contributed by atoms with E-state index in [2.05, 4.69) is 5.32 Å². The van der Waals surface area contributed by atoms with Gasteiger partial charge in [-0.25, -0.2) is 4.79 Å². The molecule has 4 heteroatoms. The molecule has 1 heterocycles.